The van der Waals surface area contributed by atoms with Gasteiger partial charge in [0.05, 0.1) is 12.7 Å². The number of hydrogen-bond acceptors (Lipinski definition) is 1. The van der Waals surface area contributed by atoms with Gasteiger partial charge in [-0.05, 0) is 24.6 Å². The minimum atomic E-state index is 0.693. The molecule has 16 heavy (non-hydrogen) atoms. The van der Waals surface area contributed by atoms with Crippen molar-refractivity contribution >= 4 is 11.6 Å². The molecule has 1 aromatic rings. The van der Waals surface area contributed by atoms with Crippen LogP contribution in [-0.4, -0.2) is 7.11 Å². The summed E-state index contributed by atoms with van der Waals surface area (Å²) >= 11 is 5.91. The first-order valence-corrected chi connectivity index (χ1v) is 5.98. The van der Waals surface area contributed by atoms with Gasteiger partial charge >= 0.3 is 0 Å². The summed E-state index contributed by atoms with van der Waals surface area (Å²) < 4.78 is 5.22. The van der Waals surface area contributed by atoms with Crippen LogP contribution in [0.3, 0.4) is 0 Å². The van der Waals surface area contributed by atoms with Gasteiger partial charge in [0.2, 0.25) is 0 Å². The number of hydrogen-bond donors (Lipinski definition) is 0. The maximum atomic E-state index is 5.91. The van der Waals surface area contributed by atoms with E-state index < -0.39 is 0 Å². The van der Waals surface area contributed by atoms with Gasteiger partial charge in [-0.3, -0.25) is 0 Å². The van der Waals surface area contributed by atoms with E-state index in [2.05, 4.69) is 18.8 Å². The molecule has 0 atom stereocenters. The first-order valence-electron chi connectivity index (χ1n) is 5.60. The molecule has 0 aromatic heterocycles. The zero-order valence-corrected chi connectivity index (χ0v) is 10.6. The molecule has 0 amide bonds. The van der Waals surface area contributed by atoms with E-state index in [0.717, 1.165) is 24.2 Å². The standard InChI is InChI=1S/C14H17ClO/c1-3-4-5-6-7-8-12-11-13(15)9-10-14(12)16-2/h9-11H,3-6H2,1-2H3. The summed E-state index contributed by atoms with van der Waals surface area (Å²) in [5.41, 5.74) is 0.867. The molecule has 0 fully saturated rings. The quantitative estimate of drug-likeness (QED) is 0.560. The van der Waals surface area contributed by atoms with E-state index in [1.54, 1.807) is 7.11 Å². The molecular formula is C14H17ClO. The first-order chi connectivity index (χ1) is 7.77. The van der Waals surface area contributed by atoms with Gasteiger partial charge in [0.1, 0.15) is 5.75 Å². The number of benzene rings is 1. The predicted octanol–water partition coefficient (Wildman–Crippen LogP) is 4.28. The zero-order valence-electron chi connectivity index (χ0n) is 9.85. The summed E-state index contributed by atoms with van der Waals surface area (Å²) in [5.74, 6) is 7.04. The lowest BCUT2D eigenvalue weighted by Gasteiger charge is -2.02. The van der Waals surface area contributed by atoms with Crippen LogP contribution in [0, 0.1) is 11.8 Å². The van der Waals surface area contributed by atoms with Crippen molar-refractivity contribution in [1.82, 2.24) is 0 Å². The van der Waals surface area contributed by atoms with E-state index in [-0.39, 0.29) is 0 Å². The molecule has 0 aliphatic carbocycles. The molecule has 86 valence electrons. The molecule has 0 bridgehead atoms. The average molecular weight is 237 g/mol. The smallest absolute Gasteiger partial charge is 0.134 e. The van der Waals surface area contributed by atoms with Crippen molar-refractivity contribution in [3.63, 3.8) is 0 Å². The van der Waals surface area contributed by atoms with Crippen LogP contribution in [0.25, 0.3) is 0 Å². The highest BCUT2D eigenvalue weighted by atomic mass is 35.5. The number of halogens is 1. The maximum Gasteiger partial charge on any atom is 0.134 e. The molecule has 0 saturated heterocycles. The molecule has 0 aliphatic rings. The Labute approximate surface area is 103 Å². The van der Waals surface area contributed by atoms with Crippen LogP contribution >= 0.6 is 11.6 Å². The third-order valence-corrected chi connectivity index (χ3v) is 2.53. The Morgan fingerprint density at radius 1 is 1.31 bits per heavy atom. The van der Waals surface area contributed by atoms with Crippen LogP contribution in [0.4, 0.5) is 0 Å². The third-order valence-electron chi connectivity index (χ3n) is 2.29. The SMILES string of the molecule is CCCCCC#Cc1cc(Cl)ccc1OC. The Morgan fingerprint density at radius 2 is 2.12 bits per heavy atom. The van der Waals surface area contributed by atoms with Gasteiger partial charge in [-0.2, -0.15) is 0 Å². The summed E-state index contributed by atoms with van der Waals surface area (Å²) in [5, 5.41) is 0.693. The van der Waals surface area contributed by atoms with Crippen LogP contribution in [0.2, 0.25) is 5.02 Å². The fourth-order valence-electron chi connectivity index (χ4n) is 1.40. The molecule has 2 heteroatoms. The molecule has 0 unspecified atom stereocenters. The van der Waals surface area contributed by atoms with Gasteiger partial charge in [0.25, 0.3) is 0 Å². The number of unbranched alkanes of at least 4 members (excludes halogenated alkanes) is 3. The molecule has 1 aromatic carbocycles. The molecular weight excluding hydrogens is 220 g/mol. The number of ether oxygens (including phenoxy) is 1. The van der Waals surface area contributed by atoms with E-state index in [1.807, 2.05) is 18.2 Å². The molecule has 1 rings (SSSR count). The summed E-state index contributed by atoms with van der Waals surface area (Å²) in [7, 11) is 1.64. The Hall–Kier alpha value is -1.13. The van der Waals surface area contributed by atoms with Crippen LogP contribution in [0.1, 0.15) is 38.2 Å². The lowest BCUT2D eigenvalue weighted by molar-refractivity contribution is 0.413. The monoisotopic (exact) mass is 236 g/mol. The van der Waals surface area contributed by atoms with E-state index in [4.69, 9.17) is 16.3 Å². The molecule has 1 nitrogen and oxygen atoms in total. The second-order valence-corrected chi connectivity index (χ2v) is 4.04. The van der Waals surface area contributed by atoms with Gasteiger partial charge in [0, 0.05) is 11.4 Å². The van der Waals surface area contributed by atoms with Crippen molar-refractivity contribution in [3.8, 4) is 17.6 Å². The van der Waals surface area contributed by atoms with E-state index >= 15 is 0 Å². The van der Waals surface area contributed by atoms with Gasteiger partial charge < -0.3 is 4.74 Å². The van der Waals surface area contributed by atoms with Crippen LogP contribution in [-0.2, 0) is 0 Å². The van der Waals surface area contributed by atoms with Crippen LogP contribution in [0.5, 0.6) is 5.75 Å². The second-order valence-electron chi connectivity index (χ2n) is 3.60. The highest BCUT2D eigenvalue weighted by Crippen LogP contribution is 2.21. The fraction of sp³-hybridized carbons (Fsp3) is 0.429. The van der Waals surface area contributed by atoms with Crippen molar-refractivity contribution in [1.29, 1.82) is 0 Å². The Morgan fingerprint density at radius 3 is 2.81 bits per heavy atom. The Balaban J connectivity index is 2.67. The minimum absolute atomic E-state index is 0.693. The number of methoxy groups -OCH3 is 1. The molecule has 0 spiro atoms. The van der Waals surface area contributed by atoms with Crippen LogP contribution < -0.4 is 4.74 Å². The van der Waals surface area contributed by atoms with Gasteiger partial charge in [0.15, 0.2) is 0 Å². The van der Waals surface area contributed by atoms with Gasteiger partial charge in [-0.1, -0.05) is 43.2 Å². The van der Waals surface area contributed by atoms with Crippen molar-refractivity contribution in [3.05, 3.63) is 28.8 Å². The summed E-state index contributed by atoms with van der Waals surface area (Å²) in [4.78, 5) is 0. The molecule has 0 radical (unpaired) electrons. The summed E-state index contributed by atoms with van der Waals surface area (Å²) in [6.45, 7) is 2.19. The highest BCUT2D eigenvalue weighted by molar-refractivity contribution is 6.30. The largest absolute Gasteiger partial charge is 0.495 e. The van der Waals surface area contributed by atoms with E-state index in [0.29, 0.717) is 5.02 Å². The lowest BCUT2D eigenvalue weighted by Crippen LogP contribution is -1.87. The fourth-order valence-corrected chi connectivity index (χ4v) is 1.57. The van der Waals surface area contributed by atoms with Crippen molar-refractivity contribution in [2.24, 2.45) is 0 Å². The van der Waals surface area contributed by atoms with E-state index in [9.17, 15) is 0 Å². The molecule has 0 N–H and O–H groups in total. The van der Waals surface area contributed by atoms with Gasteiger partial charge in [-0.25, -0.2) is 0 Å². The first kappa shape index (κ1) is 12.9. The van der Waals surface area contributed by atoms with E-state index in [1.165, 1.54) is 12.8 Å². The Bertz CT molecular complexity index is 387. The molecule has 0 saturated carbocycles. The maximum absolute atomic E-state index is 5.91. The third kappa shape index (κ3) is 4.16. The lowest BCUT2D eigenvalue weighted by atomic mass is 10.1. The summed E-state index contributed by atoms with van der Waals surface area (Å²) in [6, 6.07) is 5.49. The summed E-state index contributed by atoms with van der Waals surface area (Å²) in [6.07, 6.45) is 4.55. The normalized spacial score (nSPS) is 9.44. The van der Waals surface area contributed by atoms with Crippen molar-refractivity contribution < 1.29 is 4.74 Å². The predicted molar refractivity (Wildman–Crippen MR) is 69.0 cm³/mol. The average Bonchev–Trinajstić information content (AvgIpc) is 2.29. The molecule has 0 aliphatic heterocycles. The number of rotatable bonds is 4. The van der Waals surface area contributed by atoms with Crippen molar-refractivity contribution in [2.75, 3.05) is 7.11 Å². The zero-order chi connectivity index (χ0) is 11.8. The topological polar surface area (TPSA) is 9.23 Å². The van der Waals surface area contributed by atoms with Crippen LogP contribution in [0.15, 0.2) is 18.2 Å². The highest BCUT2D eigenvalue weighted by Gasteiger charge is 1.99. The van der Waals surface area contributed by atoms with Crippen molar-refractivity contribution in [2.45, 2.75) is 32.6 Å². The Kier molecular flexibility index (Phi) is 5.82. The second kappa shape index (κ2) is 7.19. The minimum Gasteiger partial charge on any atom is -0.495 e. The molecule has 0 heterocycles. The van der Waals surface area contributed by atoms with Gasteiger partial charge in [-0.15, -0.1) is 0 Å².